The zero-order chi connectivity index (χ0) is 13.0. The van der Waals surface area contributed by atoms with Crippen molar-refractivity contribution in [2.45, 2.75) is 32.9 Å². The highest BCUT2D eigenvalue weighted by Crippen LogP contribution is 2.27. The summed E-state index contributed by atoms with van der Waals surface area (Å²) >= 11 is 0. The molecule has 17 heavy (non-hydrogen) atoms. The summed E-state index contributed by atoms with van der Waals surface area (Å²) < 4.78 is 5.45. The summed E-state index contributed by atoms with van der Waals surface area (Å²) in [4.78, 5) is 10.8. The number of nitrogens with one attached hydrogen (secondary N) is 1. The summed E-state index contributed by atoms with van der Waals surface area (Å²) in [7, 11) is 1.86. The van der Waals surface area contributed by atoms with Crippen LogP contribution < -0.4 is 10.1 Å². The number of hydrogen-bond donors (Lipinski definition) is 2. The number of aryl methyl sites for hydroxylation is 1. The Bertz CT molecular complexity index is 404. The van der Waals surface area contributed by atoms with E-state index in [1.807, 2.05) is 39.1 Å². The van der Waals surface area contributed by atoms with Crippen LogP contribution in [0.4, 0.5) is 0 Å². The van der Waals surface area contributed by atoms with Crippen molar-refractivity contribution in [3.05, 3.63) is 29.3 Å². The first kappa shape index (κ1) is 13.5. The maximum absolute atomic E-state index is 10.8. The summed E-state index contributed by atoms with van der Waals surface area (Å²) in [5, 5.41) is 12.0. The van der Waals surface area contributed by atoms with Crippen LogP contribution in [-0.2, 0) is 4.79 Å². The van der Waals surface area contributed by atoms with Crippen molar-refractivity contribution in [1.82, 2.24) is 5.32 Å². The van der Waals surface area contributed by atoms with Gasteiger partial charge in [0.05, 0.1) is 0 Å². The standard InChI is InChI=1S/C13H19NO3/c1-8-5-6-12(17-10(3)13(15)16)11(7-8)9(2)14-4/h5-7,9-10,14H,1-4H3,(H,15,16). The van der Waals surface area contributed by atoms with E-state index in [4.69, 9.17) is 9.84 Å². The summed E-state index contributed by atoms with van der Waals surface area (Å²) in [6, 6.07) is 5.85. The summed E-state index contributed by atoms with van der Waals surface area (Å²) in [6.45, 7) is 5.53. The Hall–Kier alpha value is -1.55. The second kappa shape index (κ2) is 5.68. The Kier molecular flexibility index (Phi) is 4.52. The van der Waals surface area contributed by atoms with Crippen LogP contribution >= 0.6 is 0 Å². The van der Waals surface area contributed by atoms with Crippen molar-refractivity contribution in [3.8, 4) is 5.75 Å². The molecule has 94 valence electrons. The second-order valence-electron chi connectivity index (χ2n) is 4.15. The molecule has 2 unspecified atom stereocenters. The highest BCUT2D eigenvalue weighted by atomic mass is 16.5. The van der Waals surface area contributed by atoms with Gasteiger partial charge in [0.2, 0.25) is 0 Å². The van der Waals surface area contributed by atoms with E-state index in [1.54, 1.807) is 0 Å². The van der Waals surface area contributed by atoms with Crippen LogP contribution in [-0.4, -0.2) is 24.2 Å². The van der Waals surface area contributed by atoms with Crippen LogP contribution in [0.25, 0.3) is 0 Å². The van der Waals surface area contributed by atoms with Crippen molar-refractivity contribution >= 4 is 5.97 Å². The van der Waals surface area contributed by atoms with E-state index in [2.05, 4.69) is 5.32 Å². The van der Waals surface area contributed by atoms with Gasteiger partial charge in [-0.05, 0) is 33.9 Å². The lowest BCUT2D eigenvalue weighted by molar-refractivity contribution is -0.144. The molecule has 2 N–H and O–H groups in total. The first-order chi connectivity index (χ1) is 7.95. The minimum Gasteiger partial charge on any atom is -0.479 e. The molecule has 1 rings (SSSR count). The number of aliphatic carboxylic acids is 1. The topological polar surface area (TPSA) is 58.6 Å². The molecule has 0 radical (unpaired) electrons. The largest absolute Gasteiger partial charge is 0.479 e. The average molecular weight is 237 g/mol. The van der Waals surface area contributed by atoms with Gasteiger partial charge >= 0.3 is 5.97 Å². The van der Waals surface area contributed by atoms with Gasteiger partial charge in [-0.3, -0.25) is 0 Å². The van der Waals surface area contributed by atoms with E-state index in [0.717, 1.165) is 11.1 Å². The number of ether oxygens (including phenoxy) is 1. The minimum absolute atomic E-state index is 0.117. The number of benzene rings is 1. The van der Waals surface area contributed by atoms with E-state index < -0.39 is 12.1 Å². The Balaban J connectivity index is 3.02. The molecule has 0 aromatic heterocycles. The molecule has 0 bridgehead atoms. The van der Waals surface area contributed by atoms with Crippen molar-refractivity contribution in [2.24, 2.45) is 0 Å². The second-order valence-corrected chi connectivity index (χ2v) is 4.15. The molecule has 1 aromatic carbocycles. The third-order valence-corrected chi connectivity index (χ3v) is 2.72. The smallest absolute Gasteiger partial charge is 0.344 e. The summed E-state index contributed by atoms with van der Waals surface area (Å²) in [6.07, 6.45) is -0.847. The molecule has 4 heteroatoms. The zero-order valence-electron chi connectivity index (χ0n) is 10.7. The maximum Gasteiger partial charge on any atom is 0.344 e. The zero-order valence-corrected chi connectivity index (χ0v) is 10.7. The van der Waals surface area contributed by atoms with Crippen LogP contribution in [0.15, 0.2) is 18.2 Å². The van der Waals surface area contributed by atoms with E-state index in [1.165, 1.54) is 6.92 Å². The molecule has 0 saturated heterocycles. The molecule has 2 atom stereocenters. The predicted octanol–water partition coefficient (Wildman–Crippen LogP) is 2.13. The molecular weight excluding hydrogens is 218 g/mol. The van der Waals surface area contributed by atoms with Crippen LogP contribution in [0.5, 0.6) is 5.75 Å². The highest BCUT2D eigenvalue weighted by Gasteiger charge is 2.16. The van der Waals surface area contributed by atoms with Crippen LogP contribution in [0.3, 0.4) is 0 Å². The number of rotatable bonds is 5. The van der Waals surface area contributed by atoms with Crippen molar-refractivity contribution < 1.29 is 14.6 Å². The Morgan fingerprint density at radius 3 is 2.59 bits per heavy atom. The molecule has 0 aliphatic heterocycles. The lowest BCUT2D eigenvalue weighted by atomic mass is 10.0. The molecule has 4 nitrogen and oxygen atoms in total. The van der Waals surface area contributed by atoms with Gasteiger partial charge in [-0.1, -0.05) is 17.7 Å². The number of carboxylic acids is 1. The number of hydrogen-bond acceptors (Lipinski definition) is 3. The fraction of sp³-hybridized carbons (Fsp3) is 0.462. The van der Waals surface area contributed by atoms with Crippen molar-refractivity contribution in [1.29, 1.82) is 0 Å². The minimum atomic E-state index is -0.964. The summed E-state index contributed by atoms with van der Waals surface area (Å²) in [5.41, 5.74) is 2.10. The van der Waals surface area contributed by atoms with Gasteiger partial charge in [0.15, 0.2) is 6.10 Å². The Morgan fingerprint density at radius 2 is 2.06 bits per heavy atom. The van der Waals surface area contributed by atoms with Crippen LogP contribution in [0, 0.1) is 6.92 Å². The average Bonchev–Trinajstić information content (AvgIpc) is 2.30. The van der Waals surface area contributed by atoms with E-state index in [-0.39, 0.29) is 6.04 Å². The van der Waals surface area contributed by atoms with Crippen LogP contribution in [0.1, 0.15) is 31.0 Å². The maximum atomic E-state index is 10.8. The molecule has 1 aromatic rings. The Morgan fingerprint density at radius 1 is 1.41 bits per heavy atom. The number of carbonyl (C=O) groups is 1. The Labute approximate surface area is 102 Å². The molecule has 0 fully saturated rings. The quantitative estimate of drug-likeness (QED) is 0.823. The molecule has 0 saturated carbocycles. The third kappa shape index (κ3) is 3.46. The summed E-state index contributed by atoms with van der Waals surface area (Å²) in [5.74, 6) is -0.346. The number of carboxylic acid groups (broad SMARTS) is 1. The van der Waals surface area contributed by atoms with Crippen molar-refractivity contribution in [2.75, 3.05) is 7.05 Å². The normalized spacial score (nSPS) is 14.1. The fourth-order valence-corrected chi connectivity index (χ4v) is 1.51. The first-order valence-electron chi connectivity index (χ1n) is 5.63. The SMILES string of the molecule is CNC(C)c1cc(C)ccc1OC(C)C(=O)O. The van der Waals surface area contributed by atoms with Gasteiger partial charge in [-0.2, -0.15) is 0 Å². The lowest BCUT2D eigenvalue weighted by Crippen LogP contribution is -2.24. The van der Waals surface area contributed by atoms with Gasteiger partial charge in [0, 0.05) is 11.6 Å². The molecular formula is C13H19NO3. The van der Waals surface area contributed by atoms with Gasteiger partial charge in [0.1, 0.15) is 5.75 Å². The van der Waals surface area contributed by atoms with E-state index in [0.29, 0.717) is 5.75 Å². The van der Waals surface area contributed by atoms with Gasteiger partial charge in [-0.15, -0.1) is 0 Å². The van der Waals surface area contributed by atoms with Crippen molar-refractivity contribution in [3.63, 3.8) is 0 Å². The molecule has 0 aliphatic rings. The van der Waals surface area contributed by atoms with Gasteiger partial charge in [-0.25, -0.2) is 4.79 Å². The van der Waals surface area contributed by atoms with E-state index in [9.17, 15) is 4.79 Å². The monoisotopic (exact) mass is 237 g/mol. The van der Waals surface area contributed by atoms with Gasteiger partial charge in [0.25, 0.3) is 0 Å². The molecule has 0 spiro atoms. The highest BCUT2D eigenvalue weighted by molar-refractivity contribution is 5.72. The molecule has 0 amide bonds. The molecule has 0 heterocycles. The predicted molar refractivity (Wildman–Crippen MR) is 66.4 cm³/mol. The first-order valence-corrected chi connectivity index (χ1v) is 5.63. The fourth-order valence-electron chi connectivity index (χ4n) is 1.51. The lowest BCUT2D eigenvalue weighted by Gasteiger charge is -2.19. The molecule has 0 aliphatic carbocycles. The third-order valence-electron chi connectivity index (χ3n) is 2.72. The van der Waals surface area contributed by atoms with Crippen LogP contribution in [0.2, 0.25) is 0 Å². The van der Waals surface area contributed by atoms with Gasteiger partial charge < -0.3 is 15.2 Å². The van der Waals surface area contributed by atoms with E-state index >= 15 is 0 Å².